The second-order valence-corrected chi connectivity index (χ2v) is 9.17. The first-order chi connectivity index (χ1) is 11.6. The quantitative estimate of drug-likeness (QED) is 0.770. The van der Waals surface area contributed by atoms with Gasteiger partial charge in [0.25, 0.3) is 0 Å². The molecule has 1 aromatic carbocycles. The minimum Gasteiger partial charge on any atom is -0.352 e. The van der Waals surface area contributed by atoms with Crippen molar-refractivity contribution in [2.24, 2.45) is 23.2 Å². The highest BCUT2D eigenvalue weighted by atomic mass is 32.1. The molecule has 2 N–H and O–H groups in total. The van der Waals surface area contributed by atoms with E-state index in [-0.39, 0.29) is 6.04 Å². The fourth-order valence-electron chi connectivity index (χ4n) is 6.25. The molecule has 1 heterocycles. The monoisotopic (exact) mass is 338 g/mol. The summed E-state index contributed by atoms with van der Waals surface area (Å²) in [4.78, 5) is 0. The van der Waals surface area contributed by atoms with Gasteiger partial charge in [0.15, 0.2) is 5.11 Å². The van der Waals surface area contributed by atoms with E-state index in [9.17, 15) is 0 Å². The number of rotatable bonds is 2. The molecule has 0 unspecified atom stereocenters. The van der Waals surface area contributed by atoms with Gasteiger partial charge in [-0.15, -0.1) is 0 Å². The van der Waals surface area contributed by atoms with E-state index in [0.29, 0.717) is 5.41 Å². The van der Waals surface area contributed by atoms with Gasteiger partial charge < -0.3 is 10.6 Å². The number of allylic oxidation sites excluding steroid dienone is 1. The van der Waals surface area contributed by atoms with Crippen molar-refractivity contribution in [2.75, 3.05) is 0 Å². The molecular formula is C21H26N2S. The summed E-state index contributed by atoms with van der Waals surface area (Å²) in [5.41, 5.74) is 4.42. The third-order valence-corrected chi connectivity index (χ3v) is 7.13. The minimum absolute atomic E-state index is 0.211. The summed E-state index contributed by atoms with van der Waals surface area (Å²) in [5.74, 6) is 2.88. The van der Waals surface area contributed by atoms with Crippen LogP contribution in [0, 0.1) is 30.1 Å². The van der Waals surface area contributed by atoms with Gasteiger partial charge in [-0.2, -0.15) is 0 Å². The number of hydrogen-bond acceptors (Lipinski definition) is 1. The summed E-state index contributed by atoms with van der Waals surface area (Å²) in [6.07, 6.45) is 11.0. The van der Waals surface area contributed by atoms with E-state index >= 15 is 0 Å². The summed E-state index contributed by atoms with van der Waals surface area (Å²) in [6.45, 7) is 2.14. The average molecular weight is 339 g/mol. The van der Waals surface area contributed by atoms with Gasteiger partial charge in [0.2, 0.25) is 0 Å². The third-order valence-electron chi connectivity index (χ3n) is 6.91. The summed E-state index contributed by atoms with van der Waals surface area (Å²) < 4.78 is 0. The van der Waals surface area contributed by atoms with Crippen molar-refractivity contribution in [1.29, 1.82) is 0 Å². The van der Waals surface area contributed by atoms with Crippen LogP contribution < -0.4 is 10.6 Å². The topological polar surface area (TPSA) is 24.1 Å². The number of hydrogen-bond donors (Lipinski definition) is 2. The maximum atomic E-state index is 5.58. The van der Waals surface area contributed by atoms with E-state index in [4.69, 9.17) is 12.2 Å². The highest BCUT2D eigenvalue weighted by molar-refractivity contribution is 7.80. The first kappa shape index (κ1) is 14.9. The number of thiocarbonyl (C=S) groups is 1. The Morgan fingerprint density at radius 2 is 1.54 bits per heavy atom. The van der Waals surface area contributed by atoms with Crippen LogP contribution in [-0.2, 0) is 0 Å². The standard InChI is InChI=1S/C21H26N2S/c1-13-2-4-17(5-3-13)18-9-19(23-20(24)22-18)21-10-14-6-15(11-21)8-16(7-14)12-21/h2-5,9,14-16,18H,6-8,10-12H2,1H3,(H2,22,23,24)/t14?,15?,16?,18-,21?/m0/s1. The van der Waals surface area contributed by atoms with Crippen LogP contribution in [0.2, 0.25) is 0 Å². The lowest BCUT2D eigenvalue weighted by Gasteiger charge is -2.58. The predicted molar refractivity (Wildman–Crippen MR) is 101 cm³/mol. The molecule has 0 radical (unpaired) electrons. The van der Waals surface area contributed by atoms with Crippen LogP contribution in [0.5, 0.6) is 0 Å². The fraction of sp³-hybridized carbons (Fsp3) is 0.571. The van der Waals surface area contributed by atoms with E-state index in [2.05, 4.69) is 47.9 Å². The smallest absolute Gasteiger partial charge is 0.171 e. The highest BCUT2D eigenvalue weighted by Gasteiger charge is 2.53. The summed E-state index contributed by atoms with van der Waals surface area (Å²) in [5, 5.41) is 7.82. The van der Waals surface area contributed by atoms with Gasteiger partial charge in [-0.05, 0) is 87.1 Å². The molecule has 126 valence electrons. The second kappa shape index (κ2) is 5.32. The van der Waals surface area contributed by atoms with Gasteiger partial charge in [-0.3, -0.25) is 0 Å². The number of aryl methyl sites for hydroxylation is 1. The highest BCUT2D eigenvalue weighted by Crippen LogP contribution is 2.62. The Kier molecular flexibility index (Phi) is 3.31. The van der Waals surface area contributed by atoms with Gasteiger partial charge in [-0.1, -0.05) is 29.8 Å². The molecule has 1 atom stereocenters. The first-order valence-electron chi connectivity index (χ1n) is 9.46. The van der Waals surface area contributed by atoms with Crippen LogP contribution in [-0.4, -0.2) is 5.11 Å². The Labute approximate surface area is 150 Å². The van der Waals surface area contributed by atoms with Crippen LogP contribution in [0.3, 0.4) is 0 Å². The molecule has 0 saturated heterocycles. The lowest BCUT2D eigenvalue weighted by atomic mass is 9.48. The number of nitrogens with one attached hydrogen (secondary N) is 2. The molecule has 0 amide bonds. The van der Waals surface area contributed by atoms with Crippen LogP contribution >= 0.6 is 12.2 Å². The van der Waals surface area contributed by atoms with Gasteiger partial charge >= 0.3 is 0 Å². The minimum atomic E-state index is 0.211. The normalized spacial score (nSPS) is 40.0. The van der Waals surface area contributed by atoms with E-state index in [1.165, 1.54) is 55.3 Å². The van der Waals surface area contributed by atoms with Crippen molar-refractivity contribution < 1.29 is 0 Å². The average Bonchev–Trinajstić information content (AvgIpc) is 2.54. The molecule has 5 aliphatic rings. The van der Waals surface area contributed by atoms with Crippen molar-refractivity contribution in [3.05, 3.63) is 47.2 Å². The van der Waals surface area contributed by atoms with Crippen molar-refractivity contribution in [2.45, 2.75) is 51.5 Å². The second-order valence-electron chi connectivity index (χ2n) is 8.77. The Bertz CT molecular complexity index is 668. The lowest BCUT2D eigenvalue weighted by Crippen LogP contribution is -2.53. The zero-order chi connectivity index (χ0) is 16.3. The molecule has 0 spiro atoms. The van der Waals surface area contributed by atoms with Crippen LogP contribution in [0.15, 0.2) is 36.0 Å². The zero-order valence-electron chi connectivity index (χ0n) is 14.3. The zero-order valence-corrected chi connectivity index (χ0v) is 15.2. The SMILES string of the molecule is Cc1ccc([C@@H]2C=C(C34CC5CC(CC(C5)C3)C4)NC(=S)N2)cc1. The molecule has 4 bridgehead atoms. The summed E-state index contributed by atoms with van der Waals surface area (Å²) >= 11 is 5.58. The maximum absolute atomic E-state index is 5.58. The van der Waals surface area contributed by atoms with Gasteiger partial charge in [0.05, 0.1) is 6.04 Å². The summed E-state index contributed by atoms with van der Waals surface area (Å²) in [6, 6.07) is 9.06. The van der Waals surface area contributed by atoms with E-state index in [1.807, 2.05) is 0 Å². The molecular weight excluding hydrogens is 312 g/mol. The van der Waals surface area contributed by atoms with Crippen molar-refractivity contribution in [3.63, 3.8) is 0 Å². The van der Waals surface area contributed by atoms with Gasteiger partial charge in [0, 0.05) is 11.1 Å². The Balaban J connectivity index is 1.50. The van der Waals surface area contributed by atoms with E-state index in [0.717, 1.165) is 22.9 Å². The lowest BCUT2D eigenvalue weighted by molar-refractivity contribution is -0.0331. The first-order valence-corrected chi connectivity index (χ1v) is 9.87. The van der Waals surface area contributed by atoms with Gasteiger partial charge in [-0.25, -0.2) is 0 Å². The number of benzene rings is 1. The molecule has 24 heavy (non-hydrogen) atoms. The molecule has 4 aliphatic carbocycles. The molecule has 3 heteroatoms. The van der Waals surface area contributed by atoms with Crippen molar-refractivity contribution in [1.82, 2.24) is 10.6 Å². The van der Waals surface area contributed by atoms with Gasteiger partial charge in [0.1, 0.15) is 0 Å². The molecule has 1 aliphatic heterocycles. The van der Waals surface area contributed by atoms with E-state index in [1.54, 1.807) is 0 Å². The Morgan fingerprint density at radius 1 is 0.958 bits per heavy atom. The molecule has 2 nitrogen and oxygen atoms in total. The summed E-state index contributed by atoms with van der Waals surface area (Å²) in [7, 11) is 0. The fourth-order valence-corrected chi connectivity index (χ4v) is 6.49. The molecule has 1 aromatic rings. The predicted octanol–water partition coefficient (Wildman–Crippen LogP) is 4.61. The van der Waals surface area contributed by atoms with Crippen LogP contribution in [0.1, 0.15) is 55.7 Å². The largest absolute Gasteiger partial charge is 0.352 e. The Hall–Kier alpha value is -1.35. The molecule has 0 aromatic heterocycles. The molecule has 4 fully saturated rings. The Morgan fingerprint density at radius 3 is 2.12 bits per heavy atom. The van der Waals surface area contributed by atoms with Crippen LogP contribution in [0.25, 0.3) is 0 Å². The molecule has 4 saturated carbocycles. The van der Waals surface area contributed by atoms with Crippen LogP contribution in [0.4, 0.5) is 0 Å². The van der Waals surface area contributed by atoms with Crippen molar-refractivity contribution >= 4 is 17.3 Å². The van der Waals surface area contributed by atoms with E-state index < -0.39 is 0 Å². The van der Waals surface area contributed by atoms with Crippen molar-refractivity contribution in [3.8, 4) is 0 Å². The molecule has 6 rings (SSSR count). The maximum Gasteiger partial charge on any atom is 0.171 e. The third kappa shape index (κ3) is 2.40.